The molecule has 0 saturated carbocycles. The highest BCUT2D eigenvalue weighted by molar-refractivity contribution is 9.10. The maximum absolute atomic E-state index is 9.48. The molecule has 96 valence electrons. The normalized spacial score (nSPS) is 11.5. The Morgan fingerprint density at radius 3 is 2.59 bits per heavy atom. The minimum Gasteiger partial charge on any atom is -0.397 e. The van der Waals surface area contributed by atoms with Crippen molar-refractivity contribution in [2.75, 3.05) is 24.2 Å². The molecule has 0 fully saturated rings. The number of anilines is 2. The van der Waals surface area contributed by atoms with E-state index < -0.39 is 0 Å². The standard InChI is InChI=1S/C12H20BrN3O/c1-3-12(4-2,8-17)7-16-11-10(13)5-9(14)6-15-11/h5-6,17H,3-4,7-8,14H2,1-2H3,(H,15,16). The largest absolute Gasteiger partial charge is 0.397 e. The van der Waals surface area contributed by atoms with Gasteiger partial charge < -0.3 is 16.2 Å². The summed E-state index contributed by atoms with van der Waals surface area (Å²) < 4.78 is 0.844. The highest BCUT2D eigenvalue weighted by atomic mass is 79.9. The van der Waals surface area contributed by atoms with E-state index in [0.29, 0.717) is 12.2 Å². The number of aliphatic hydroxyl groups is 1. The van der Waals surface area contributed by atoms with Crippen molar-refractivity contribution in [1.82, 2.24) is 4.98 Å². The van der Waals surface area contributed by atoms with Crippen LogP contribution in [-0.4, -0.2) is 23.2 Å². The zero-order chi connectivity index (χ0) is 12.9. The van der Waals surface area contributed by atoms with Gasteiger partial charge in [0.25, 0.3) is 0 Å². The van der Waals surface area contributed by atoms with E-state index in [0.717, 1.165) is 23.1 Å². The third kappa shape index (κ3) is 3.57. The van der Waals surface area contributed by atoms with E-state index in [1.807, 2.05) is 6.07 Å². The molecule has 1 aromatic heterocycles. The van der Waals surface area contributed by atoms with Crippen LogP contribution in [0.1, 0.15) is 26.7 Å². The first-order chi connectivity index (χ1) is 8.06. The number of halogens is 1. The first kappa shape index (κ1) is 14.3. The summed E-state index contributed by atoms with van der Waals surface area (Å²) in [6, 6.07) is 1.81. The minimum absolute atomic E-state index is 0.0808. The van der Waals surface area contributed by atoms with Gasteiger partial charge in [0.2, 0.25) is 0 Å². The van der Waals surface area contributed by atoms with Gasteiger partial charge in [-0.1, -0.05) is 13.8 Å². The number of hydrogen-bond acceptors (Lipinski definition) is 4. The van der Waals surface area contributed by atoms with Crippen LogP contribution < -0.4 is 11.1 Å². The Balaban J connectivity index is 2.72. The number of nitrogen functional groups attached to an aromatic ring is 1. The third-order valence-corrected chi connectivity index (χ3v) is 3.93. The average molecular weight is 302 g/mol. The summed E-state index contributed by atoms with van der Waals surface area (Å²) >= 11 is 3.41. The fourth-order valence-corrected chi connectivity index (χ4v) is 2.14. The van der Waals surface area contributed by atoms with Crippen LogP contribution in [0.15, 0.2) is 16.7 Å². The molecular weight excluding hydrogens is 282 g/mol. The van der Waals surface area contributed by atoms with Crippen molar-refractivity contribution in [2.24, 2.45) is 5.41 Å². The van der Waals surface area contributed by atoms with E-state index >= 15 is 0 Å². The van der Waals surface area contributed by atoms with Gasteiger partial charge in [-0.15, -0.1) is 0 Å². The van der Waals surface area contributed by atoms with E-state index in [4.69, 9.17) is 5.73 Å². The van der Waals surface area contributed by atoms with Crippen molar-refractivity contribution in [1.29, 1.82) is 0 Å². The lowest BCUT2D eigenvalue weighted by molar-refractivity contribution is 0.127. The molecule has 0 saturated heterocycles. The third-order valence-electron chi connectivity index (χ3n) is 3.33. The second kappa shape index (κ2) is 6.21. The molecule has 17 heavy (non-hydrogen) atoms. The van der Waals surface area contributed by atoms with Crippen molar-refractivity contribution in [3.63, 3.8) is 0 Å². The van der Waals surface area contributed by atoms with Crippen LogP contribution in [-0.2, 0) is 0 Å². The van der Waals surface area contributed by atoms with Gasteiger partial charge in [0.15, 0.2) is 0 Å². The Kier molecular flexibility index (Phi) is 5.21. The number of aliphatic hydroxyl groups excluding tert-OH is 1. The van der Waals surface area contributed by atoms with Crippen molar-refractivity contribution in [3.05, 3.63) is 16.7 Å². The summed E-state index contributed by atoms with van der Waals surface area (Å²) in [5.74, 6) is 0.763. The molecule has 0 aromatic carbocycles. The van der Waals surface area contributed by atoms with Crippen LogP contribution in [0.3, 0.4) is 0 Å². The molecule has 0 atom stereocenters. The van der Waals surface area contributed by atoms with Crippen molar-refractivity contribution in [3.8, 4) is 0 Å². The summed E-state index contributed by atoms with van der Waals surface area (Å²) in [6.45, 7) is 5.06. The molecule has 0 aliphatic rings. The molecule has 4 N–H and O–H groups in total. The summed E-state index contributed by atoms with van der Waals surface area (Å²) in [5.41, 5.74) is 6.17. The summed E-state index contributed by atoms with van der Waals surface area (Å²) in [5, 5.41) is 12.7. The Morgan fingerprint density at radius 2 is 2.12 bits per heavy atom. The minimum atomic E-state index is -0.0808. The second-order valence-corrected chi connectivity index (χ2v) is 5.17. The first-order valence-corrected chi connectivity index (χ1v) is 6.62. The van der Waals surface area contributed by atoms with Crippen LogP contribution in [0.25, 0.3) is 0 Å². The predicted molar refractivity (Wildman–Crippen MR) is 74.9 cm³/mol. The summed E-state index contributed by atoms with van der Waals surface area (Å²) in [7, 11) is 0. The molecule has 5 heteroatoms. The fourth-order valence-electron chi connectivity index (χ4n) is 1.63. The monoisotopic (exact) mass is 301 g/mol. The number of aromatic nitrogens is 1. The van der Waals surface area contributed by atoms with Gasteiger partial charge in [0.1, 0.15) is 5.82 Å². The number of pyridine rings is 1. The predicted octanol–water partition coefficient (Wildman–Crippen LogP) is 2.64. The molecule has 0 aliphatic carbocycles. The maximum atomic E-state index is 9.48. The maximum Gasteiger partial charge on any atom is 0.140 e. The van der Waals surface area contributed by atoms with E-state index in [-0.39, 0.29) is 12.0 Å². The topological polar surface area (TPSA) is 71.2 Å². The van der Waals surface area contributed by atoms with Crippen molar-refractivity contribution >= 4 is 27.4 Å². The second-order valence-electron chi connectivity index (χ2n) is 4.32. The van der Waals surface area contributed by atoms with Gasteiger partial charge in [-0.05, 0) is 34.8 Å². The van der Waals surface area contributed by atoms with Gasteiger partial charge in [-0.2, -0.15) is 0 Å². The highest BCUT2D eigenvalue weighted by Gasteiger charge is 2.25. The SMILES string of the molecule is CCC(CC)(CO)CNc1ncc(N)cc1Br. The zero-order valence-corrected chi connectivity index (χ0v) is 11.9. The lowest BCUT2D eigenvalue weighted by Crippen LogP contribution is -2.32. The van der Waals surface area contributed by atoms with Gasteiger partial charge in [0.05, 0.1) is 23.0 Å². The molecule has 4 nitrogen and oxygen atoms in total. The van der Waals surface area contributed by atoms with Crippen LogP contribution in [0.2, 0.25) is 0 Å². The molecule has 0 spiro atoms. The molecule has 1 heterocycles. The Morgan fingerprint density at radius 1 is 1.47 bits per heavy atom. The molecule has 1 rings (SSSR count). The fraction of sp³-hybridized carbons (Fsp3) is 0.583. The molecule has 0 unspecified atom stereocenters. The molecule has 0 amide bonds. The lowest BCUT2D eigenvalue weighted by atomic mass is 9.83. The van der Waals surface area contributed by atoms with E-state index in [1.54, 1.807) is 6.20 Å². The average Bonchev–Trinajstić information content (AvgIpc) is 2.33. The number of nitrogens with zero attached hydrogens (tertiary/aromatic N) is 1. The Hall–Kier alpha value is -0.810. The molecule has 1 aromatic rings. The molecule has 0 aliphatic heterocycles. The van der Waals surface area contributed by atoms with Gasteiger partial charge in [-0.3, -0.25) is 0 Å². The van der Waals surface area contributed by atoms with Crippen LogP contribution in [0, 0.1) is 5.41 Å². The quantitative estimate of drug-likeness (QED) is 0.755. The zero-order valence-electron chi connectivity index (χ0n) is 10.3. The van der Waals surface area contributed by atoms with Crippen LogP contribution in [0.4, 0.5) is 11.5 Å². The van der Waals surface area contributed by atoms with Gasteiger partial charge in [-0.25, -0.2) is 4.98 Å². The smallest absolute Gasteiger partial charge is 0.140 e. The van der Waals surface area contributed by atoms with Crippen molar-refractivity contribution < 1.29 is 5.11 Å². The Labute approximate surface area is 111 Å². The number of rotatable bonds is 6. The van der Waals surface area contributed by atoms with E-state index in [2.05, 4.69) is 40.1 Å². The van der Waals surface area contributed by atoms with E-state index in [1.165, 1.54) is 0 Å². The molecular formula is C12H20BrN3O. The van der Waals surface area contributed by atoms with Crippen molar-refractivity contribution in [2.45, 2.75) is 26.7 Å². The Bertz CT molecular complexity index is 359. The van der Waals surface area contributed by atoms with E-state index in [9.17, 15) is 5.11 Å². The van der Waals surface area contributed by atoms with Gasteiger partial charge in [0, 0.05) is 12.0 Å². The summed E-state index contributed by atoms with van der Waals surface area (Å²) in [4.78, 5) is 4.22. The summed E-state index contributed by atoms with van der Waals surface area (Å²) in [6.07, 6.45) is 3.48. The highest BCUT2D eigenvalue weighted by Crippen LogP contribution is 2.28. The number of nitrogens with one attached hydrogen (secondary N) is 1. The molecule has 0 radical (unpaired) electrons. The van der Waals surface area contributed by atoms with Crippen LogP contribution in [0.5, 0.6) is 0 Å². The first-order valence-electron chi connectivity index (χ1n) is 5.82. The number of hydrogen-bond donors (Lipinski definition) is 3. The molecule has 0 bridgehead atoms. The van der Waals surface area contributed by atoms with Crippen LogP contribution >= 0.6 is 15.9 Å². The lowest BCUT2D eigenvalue weighted by Gasteiger charge is -2.29. The van der Waals surface area contributed by atoms with Gasteiger partial charge >= 0.3 is 0 Å². The number of nitrogens with two attached hydrogens (primary N) is 1.